The molecule has 0 fully saturated rings. The average Bonchev–Trinajstić information content (AvgIpc) is 2.58. The van der Waals surface area contributed by atoms with Gasteiger partial charge < -0.3 is 0 Å². The Morgan fingerprint density at radius 1 is 1.00 bits per heavy atom. The molecule has 0 spiro atoms. The Balaban J connectivity index is 2.46. The number of pyridine rings is 1. The number of hydrogen-bond acceptors (Lipinski definition) is 5. The molecular formula is C19H26N2O4S2. The van der Waals surface area contributed by atoms with Crippen molar-refractivity contribution in [3.8, 4) is 0 Å². The van der Waals surface area contributed by atoms with E-state index in [4.69, 9.17) is 0 Å². The van der Waals surface area contributed by atoms with Crippen molar-refractivity contribution in [2.75, 3.05) is 13.3 Å². The third kappa shape index (κ3) is 5.15. The molecule has 0 aliphatic carbocycles. The lowest BCUT2D eigenvalue weighted by Gasteiger charge is -2.37. The second-order valence-corrected chi connectivity index (χ2v) is 11.7. The van der Waals surface area contributed by atoms with Crippen molar-refractivity contribution in [2.24, 2.45) is 5.41 Å². The number of sulfone groups is 1. The van der Waals surface area contributed by atoms with E-state index in [0.717, 1.165) is 11.9 Å². The SMILES string of the molecule is CN(C(Cc1ccccn1)C(C)(C)C)S(=O)(=O)c1cccc(S(C)(=O)=O)c1. The van der Waals surface area contributed by atoms with Gasteiger partial charge in [-0.3, -0.25) is 4.98 Å². The number of benzene rings is 1. The second-order valence-electron chi connectivity index (χ2n) is 7.68. The van der Waals surface area contributed by atoms with Crippen LogP contribution in [0.15, 0.2) is 58.5 Å². The van der Waals surface area contributed by atoms with Gasteiger partial charge in [-0.05, 0) is 35.7 Å². The van der Waals surface area contributed by atoms with Crippen LogP contribution in [-0.2, 0) is 26.3 Å². The first-order valence-corrected chi connectivity index (χ1v) is 11.8. The number of likely N-dealkylation sites (N-methyl/N-ethyl adjacent to an activating group) is 1. The Bertz CT molecular complexity index is 996. The van der Waals surface area contributed by atoms with E-state index in [1.807, 2.05) is 39.0 Å². The number of nitrogens with zero attached hydrogens (tertiary/aromatic N) is 2. The third-order valence-corrected chi connectivity index (χ3v) is 7.45. The molecule has 0 aliphatic rings. The van der Waals surface area contributed by atoms with Gasteiger partial charge in [-0.1, -0.05) is 32.9 Å². The van der Waals surface area contributed by atoms with Crippen LogP contribution in [0.1, 0.15) is 26.5 Å². The van der Waals surface area contributed by atoms with Crippen LogP contribution in [0.2, 0.25) is 0 Å². The second kappa shape index (κ2) is 7.69. The van der Waals surface area contributed by atoms with E-state index >= 15 is 0 Å². The molecule has 0 saturated heterocycles. The maximum Gasteiger partial charge on any atom is 0.243 e. The van der Waals surface area contributed by atoms with Crippen LogP contribution >= 0.6 is 0 Å². The largest absolute Gasteiger partial charge is 0.261 e. The lowest BCUT2D eigenvalue weighted by Crippen LogP contribution is -2.46. The van der Waals surface area contributed by atoms with Gasteiger partial charge in [-0.25, -0.2) is 16.8 Å². The molecule has 2 rings (SSSR count). The highest BCUT2D eigenvalue weighted by atomic mass is 32.2. The van der Waals surface area contributed by atoms with E-state index in [-0.39, 0.29) is 21.2 Å². The van der Waals surface area contributed by atoms with Crippen LogP contribution in [0.3, 0.4) is 0 Å². The Morgan fingerprint density at radius 3 is 2.15 bits per heavy atom. The van der Waals surface area contributed by atoms with Crippen LogP contribution < -0.4 is 0 Å². The van der Waals surface area contributed by atoms with Crippen molar-refractivity contribution < 1.29 is 16.8 Å². The van der Waals surface area contributed by atoms with Gasteiger partial charge in [0, 0.05) is 37.7 Å². The molecule has 0 radical (unpaired) electrons. The molecule has 1 heterocycles. The molecule has 1 aromatic carbocycles. The van der Waals surface area contributed by atoms with E-state index in [1.165, 1.54) is 35.6 Å². The fourth-order valence-corrected chi connectivity index (χ4v) is 5.22. The minimum atomic E-state index is -3.88. The molecule has 0 N–H and O–H groups in total. The predicted octanol–water partition coefficient (Wildman–Crippen LogP) is 2.76. The zero-order chi connectivity index (χ0) is 20.5. The summed E-state index contributed by atoms with van der Waals surface area (Å²) in [5.41, 5.74) is 0.442. The van der Waals surface area contributed by atoms with Gasteiger partial charge in [0.25, 0.3) is 0 Å². The average molecular weight is 411 g/mol. The summed E-state index contributed by atoms with van der Waals surface area (Å²) >= 11 is 0. The number of sulfonamides is 1. The van der Waals surface area contributed by atoms with Crippen molar-refractivity contribution in [1.82, 2.24) is 9.29 Å². The Labute approximate surface area is 162 Å². The van der Waals surface area contributed by atoms with Crippen LogP contribution in [0.5, 0.6) is 0 Å². The Morgan fingerprint density at radius 2 is 1.63 bits per heavy atom. The molecular weight excluding hydrogens is 384 g/mol. The van der Waals surface area contributed by atoms with Gasteiger partial charge >= 0.3 is 0 Å². The highest BCUT2D eigenvalue weighted by Gasteiger charge is 2.36. The number of rotatable bonds is 6. The summed E-state index contributed by atoms with van der Waals surface area (Å²) in [7, 11) is -5.86. The molecule has 0 aliphatic heterocycles. The molecule has 6 nitrogen and oxygen atoms in total. The van der Waals surface area contributed by atoms with E-state index in [1.54, 1.807) is 6.20 Å². The first-order valence-electron chi connectivity index (χ1n) is 8.51. The fraction of sp³-hybridized carbons (Fsp3) is 0.421. The van der Waals surface area contributed by atoms with E-state index in [9.17, 15) is 16.8 Å². The summed E-state index contributed by atoms with van der Waals surface area (Å²) < 4.78 is 51.3. The molecule has 2 aromatic rings. The van der Waals surface area contributed by atoms with Crippen molar-refractivity contribution in [3.63, 3.8) is 0 Å². The van der Waals surface area contributed by atoms with Crippen LogP contribution in [0.25, 0.3) is 0 Å². The molecule has 148 valence electrons. The van der Waals surface area contributed by atoms with Gasteiger partial charge in [0.15, 0.2) is 9.84 Å². The molecule has 0 amide bonds. The van der Waals surface area contributed by atoms with E-state index in [2.05, 4.69) is 4.98 Å². The van der Waals surface area contributed by atoms with Gasteiger partial charge in [0.05, 0.1) is 9.79 Å². The third-order valence-electron chi connectivity index (χ3n) is 4.48. The van der Waals surface area contributed by atoms with Crippen molar-refractivity contribution in [2.45, 2.75) is 43.0 Å². The van der Waals surface area contributed by atoms with E-state index < -0.39 is 19.9 Å². The van der Waals surface area contributed by atoms with Crippen LogP contribution in [0.4, 0.5) is 0 Å². The normalized spacial score (nSPS) is 14.3. The highest BCUT2D eigenvalue weighted by Crippen LogP contribution is 2.30. The van der Waals surface area contributed by atoms with Gasteiger partial charge in [0.2, 0.25) is 10.0 Å². The minimum absolute atomic E-state index is 0.0194. The number of aromatic nitrogens is 1. The molecule has 27 heavy (non-hydrogen) atoms. The van der Waals surface area contributed by atoms with Crippen LogP contribution in [0, 0.1) is 5.41 Å². The van der Waals surface area contributed by atoms with Gasteiger partial charge in [-0.2, -0.15) is 4.31 Å². The Kier molecular flexibility index (Phi) is 6.13. The Hall–Kier alpha value is -1.77. The standard InChI is InChI=1S/C19H26N2O4S2/c1-19(2,3)18(13-15-9-6-7-12-20-15)21(4)27(24,25)17-11-8-10-16(14-17)26(5,22)23/h6-12,14,18H,13H2,1-5H3. The minimum Gasteiger partial charge on any atom is -0.261 e. The molecule has 1 aromatic heterocycles. The number of hydrogen-bond donors (Lipinski definition) is 0. The fourth-order valence-electron chi connectivity index (χ4n) is 2.90. The molecule has 8 heteroatoms. The molecule has 0 bridgehead atoms. The van der Waals surface area contributed by atoms with Crippen molar-refractivity contribution in [1.29, 1.82) is 0 Å². The maximum absolute atomic E-state index is 13.2. The lowest BCUT2D eigenvalue weighted by molar-refractivity contribution is 0.196. The topological polar surface area (TPSA) is 84.4 Å². The highest BCUT2D eigenvalue weighted by molar-refractivity contribution is 7.91. The molecule has 0 saturated carbocycles. The summed E-state index contributed by atoms with van der Waals surface area (Å²) in [4.78, 5) is 4.26. The smallest absolute Gasteiger partial charge is 0.243 e. The summed E-state index contributed by atoms with van der Waals surface area (Å²) in [6.07, 6.45) is 3.19. The van der Waals surface area contributed by atoms with Gasteiger partial charge in [-0.15, -0.1) is 0 Å². The maximum atomic E-state index is 13.2. The zero-order valence-corrected chi connectivity index (χ0v) is 17.9. The predicted molar refractivity (Wildman–Crippen MR) is 106 cm³/mol. The molecule has 1 atom stereocenters. The zero-order valence-electron chi connectivity index (χ0n) is 16.2. The summed E-state index contributed by atoms with van der Waals surface area (Å²) in [5, 5.41) is 0. The monoisotopic (exact) mass is 410 g/mol. The quantitative estimate of drug-likeness (QED) is 0.731. The van der Waals surface area contributed by atoms with Crippen molar-refractivity contribution in [3.05, 3.63) is 54.4 Å². The van der Waals surface area contributed by atoms with Gasteiger partial charge in [0.1, 0.15) is 0 Å². The molecule has 1 unspecified atom stereocenters. The van der Waals surface area contributed by atoms with Crippen LogP contribution in [-0.4, -0.2) is 45.5 Å². The van der Waals surface area contributed by atoms with E-state index in [0.29, 0.717) is 6.42 Å². The summed E-state index contributed by atoms with van der Waals surface area (Å²) in [6, 6.07) is 10.6. The summed E-state index contributed by atoms with van der Waals surface area (Å²) in [5.74, 6) is 0. The lowest BCUT2D eigenvalue weighted by atomic mass is 9.84. The summed E-state index contributed by atoms with van der Waals surface area (Å²) in [6.45, 7) is 5.92. The first kappa shape index (κ1) is 21.5. The first-order chi connectivity index (χ1) is 12.3. The van der Waals surface area contributed by atoms with Crippen molar-refractivity contribution >= 4 is 19.9 Å².